The summed E-state index contributed by atoms with van der Waals surface area (Å²) in [5.41, 5.74) is 4.18. The first kappa shape index (κ1) is 25.4. The van der Waals surface area contributed by atoms with Crippen LogP contribution in [-0.4, -0.2) is 41.4 Å². The van der Waals surface area contributed by atoms with Crippen LogP contribution in [0, 0.1) is 12.7 Å². The van der Waals surface area contributed by atoms with E-state index < -0.39 is 5.91 Å². The van der Waals surface area contributed by atoms with E-state index in [0.29, 0.717) is 45.2 Å². The number of anilines is 2. The minimum atomic E-state index is -0.610. The fourth-order valence-corrected chi connectivity index (χ4v) is 3.49. The first-order chi connectivity index (χ1) is 18.0. The number of aryl methyl sites for hydroxylation is 1. The summed E-state index contributed by atoms with van der Waals surface area (Å²) in [6, 6.07) is 15.4. The Morgan fingerprint density at radius 1 is 1.03 bits per heavy atom. The van der Waals surface area contributed by atoms with Gasteiger partial charge in [0.25, 0.3) is 5.91 Å². The van der Waals surface area contributed by atoms with E-state index in [9.17, 15) is 9.18 Å². The fraction of sp³-hybridized carbons (Fsp3) is 0.148. The van der Waals surface area contributed by atoms with E-state index in [4.69, 9.17) is 19.4 Å². The first-order valence-electron chi connectivity index (χ1n) is 11.3. The fourth-order valence-electron chi connectivity index (χ4n) is 3.49. The van der Waals surface area contributed by atoms with Crippen LogP contribution in [0.1, 0.15) is 11.1 Å². The van der Waals surface area contributed by atoms with Gasteiger partial charge >= 0.3 is 0 Å². The molecule has 0 spiro atoms. The molecule has 4 rings (SSSR count). The molecular formula is C27H25FN4O5. The number of hydrogen-bond acceptors (Lipinski definition) is 8. The molecule has 0 atom stereocenters. The molecule has 0 aliphatic rings. The van der Waals surface area contributed by atoms with Gasteiger partial charge in [-0.1, -0.05) is 12.1 Å². The van der Waals surface area contributed by atoms with Crippen LogP contribution in [0.3, 0.4) is 0 Å². The number of ether oxygens (including phenoxy) is 3. The van der Waals surface area contributed by atoms with E-state index in [1.165, 1.54) is 23.9 Å². The number of benzene rings is 3. The van der Waals surface area contributed by atoms with Crippen molar-refractivity contribution in [2.24, 2.45) is 0 Å². The summed E-state index contributed by atoms with van der Waals surface area (Å²) in [5, 5.41) is 12.4. The number of rotatable bonds is 10. The SMILES string of the molecule is COc1cc2ncnc(Nc3ccc(F)c(C)c3)c2cc1OCCOc1ccc(/C=C/C(=O)NO)cc1. The molecule has 0 aliphatic carbocycles. The van der Waals surface area contributed by atoms with Crippen LogP contribution < -0.4 is 25.0 Å². The van der Waals surface area contributed by atoms with Crippen LogP contribution in [0.4, 0.5) is 15.9 Å². The van der Waals surface area contributed by atoms with Gasteiger partial charge in [-0.25, -0.2) is 19.8 Å². The van der Waals surface area contributed by atoms with Crippen molar-refractivity contribution in [3.63, 3.8) is 0 Å². The van der Waals surface area contributed by atoms with Crippen LogP contribution in [0.2, 0.25) is 0 Å². The van der Waals surface area contributed by atoms with Crippen LogP contribution in [0.5, 0.6) is 17.2 Å². The number of carbonyl (C=O) groups is 1. The lowest BCUT2D eigenvalue weighted by molar-refractivity contribution is -0.124. The number of hydrogen-bond donors (Lipinski definition) is 3. The van der Waals surface area contributed by atoms with Crippen LogP contribution in [0.25, 0.3) is 17.0 Å². The van der Waals surface area contributed by atoms with Gasteiger partial charge in [-0.2, -0.15) is 0 Å². The number of aromatic nitrogens is 2. The van der Waals surface area contributed by atoms with Gasteiger partial charge in [-0.05, 0) is 60.5 Å². The molecule has 10 heteroatoms. The molecule has 1 aromatic heterocycles. The minimum absolute atomic E-state index is 0.244. The third kappa shape index (κ3) is 6.50. The molecule has 0 fully saturated rings. The second kappa shape index (κ2) is 11.8. The molecule has 190 valence electrons. The highest BCUT2D eigenvalue weighted by Crippen LogP contribution is 2.35. The maximum absolute atomic E-state index is 13.7. The van der Waals surface area contributed by atoms with Crippen molar-refractivity contribution in [2.45, 2.75) is 6.92 Å². The standard InChI is InChI=1S/C27H25FN4O5/c1-17-13-19(6-9-22(17)28)31-27-21-14-25(24(35-2)15-23(21)29-16-30-27)37-12-11-36-20-7-3-18(4-8-20)5-10-26(33)32-34/h3-10,13-16,34H,11-12H2,1-2H3,(H,32,33)(H,29,30,31)/b10-5+. The lowest BCUT2D eigenvalue weighted by atomic mass is 10.2. The molecule has 0 saturated carbocycles. The molecule has 3 aromatic carbocycles. The molecule has 4 aromatic rings. The summed E-state index contributed by atoms with van der Waals surface area (Å²) < 4.78 is 30.8. The molecule has 1 amide bonds. The summed E-state index contributed by atoms with van der Waals surface area (Å²) in [6.45, 7) is 2.21. The van der Waals surface area contributed by atoms with Gasteiger partial charge in [0.1, 0.15) is 36.9 Å². The van der Waals surface area contributed by atoms with Crippen molar-refractivity contribution in [1.29, 1.82) is 0 Å². The van der Waals surface area contributed by atoms with Gasteiger partial charge in [0.05, 0.1) is 12.6 Å². The Morgan fingerprint density at radius 2 is 1.81 bits per heavy atom. The van der Waals surface area contributed by atoms with E-state index in [1.54, 1.807) is 68.6 Å². The Labute approximate surface area is 212 Å². The monoisotopic (exact) mass is 504 g/mol. The van der Waals surface area contributed by atoms with E-state index in [0.717, 1.165) is 5.56 Å². The largest absolute Gasteiger partial charge is 0.493 e. The number of fused-ring (bicyclic) bond motifs is 1. The van der Waals surface area contributed by atoms with Crippen molar-refractivity contribution < 1.29 is 28.6 Å². The molecule has 3 N–H and O–H groups in total. The predicted octanol–water partition coefficient (Wildman–Crippen LogP) is 4.81. The van der Waals surface area contributed by atoms with E-state index >= 15 is 0 Å². The zero-order valence-electron chi connectivity index (χ0n) is 20.2. The molecule has 1 heterocycles. The van der Waals surface area contributed by atoms with Crippen molar-refractivity contribution in [1.82, 2.24) is 15.4 Å². The highest BCUT2D eigenvalue weighted by atomic mass is 19.1. The number of halogens is 1. The Kier molecular flexibility index (Phi) is 8.11. The smallest absolute Gasteiger partial charge is 0.267 e. The summed E-state index contributed by atoms with van der Waals surface area (Å²) in [4.78, 5) is 19.7. The normalized spacial score (nSPS) is 10.9. The number of nitrogens with one attached hydrogen (secondary N) is 2. The predicted molar refractivity (Wildman–Crippen MR) is 137 cm³/mol. The summed E-state index contributed by atoms with van der Waals surface area (Å²) in [6.07, 6.45) is 4.22. The topological polar surface area (TPSA) is 115 Å². The van der Waals surface area contributed by atoms with E-state index in [2.05, 4.69) is 15.3 Å². The lowest BCUT2D eigenvalue weighted by Crippen LogP contribution is -2.14. The highest BCUT2D eigenvalue weighted by molar-refractivity contribution is 5.93. The molecule has 0 saturated heterocycles. The number of carbonyl (C=O) groups excluding carboxylic acids is 1. The third-order valence-corrected chi connectivity index (χ3v) is 5.37. The molecule has 37 heavy (non-hydrogen) atoms. The van der Waals surface area contributed by atoms with Gasteiger partial charge in [0, 0.05) is 23.2 Å². The minimum Gasteiger partial charge on any atom is -0.493 e. The second-order valence-corrected chi connectivity index (χ2v) is 7.91. The van der Waals surface area contributed by atoms with Gasteiger partial charge in [-0.3, -0.25) is 10.0 Å². The van der Waals surface area contributed by atoms with Crippen molar-refractivity contribution in [3.05, 3.63) is 83.9 Å². The average molecular weight is 505 g/mol. The summed E-state index contributed by atoms with van der Waals surface area (Å²) in [5.74, 6) is 1.30. The Morgan fingerprint density at radius 3 is 2.54 bits per heavy atom. The maximum atomic E-state index is 13.7. The number of methoxy groups -OCH3 is 1. The quantitative estimate of drug-likeness (QED) is 0.122. The number of nitrogens with zero attached hydrogens (tertiary/aromatic N) is 2. The van der Waals surface area contributed by atoms with Crippen LogP contribution in [-0.2, 0) is 4.79 Å². The van der Waals surface area contributed by atoms with E-state index in [1.807, 2.05) is 0 Å². The van der Waals surface area contributed by atoms with Crippen molar-refractivity contribution >= 4 is 34.4 Å². The zero-order valence-corrected chi connectivity index (χ0v) is 20.2. The van der Waals surface area contributed by atoms with Crippen LogP contribution in [0.15, 0.2) is 67.0 Å². The van der Waals surface area contributed by atoms with Gasteiger partial charge in [0.2, 0.25) is 0 Å². The highest BCUT2D eigenvalue weighted by Gasteiger charge is 2.12. The van der Waals surface area contributed by atoms with Crippen molar-refractivity contribution in [3.8, 4) is 17.2 Å². The van der Waals surface area contributed by atoms with Crippen molar-refractivity contribution in [2.75, 3.05) is 25.6 Å². The molecule has 0 bridgehead atoms. The average Bonchev–Trinajstić information content (AvgIpc) is 2.92. The van der Waals surface area contributed by atoms with Gasteiger partial charge in [-0.15, -0.1) is 0 Å². The zero-order chi connectivity index (χ0) is 26.2. The number of hydroxylamine groups is 1. The molecule has 9 nitrogen and oxygen atoms in total. The second-order valence-electron chi connectivity index (χ2n) is 7.91. The third-order valence-electron chi connectivity index (χ3n) is 5.37. The Hall–Kier alpha value is -4.70. The lowest BCUT2D eigenvalue weighted by Gasteiger charge is -2.14. The van der Waals surface area contributed by atoms with Crippen LogP contribution >= 0.6 is 0 Å². The molecule has 0 radical (unpaired) electrons. The van der Waals surface area contributed by atoms with Gasteiger partial charge in [0.15, 0.2) is 11.5 Å². The summed E-state index contributed by atoms with van der Waals surface area (Å²) in [7, 11) is 1.55. The molecule has 0 unspecified atom stereocenters. The van der Waals surface area contributed by atoms with E-state index in [-0.39, 0.29) is 19.0 Å². The number of amides is 1. The maximum Gasteiger partial charge on any atom is 0.267 e. The first-order valence-corrected chi connectivity index (χ1v) is 11.3. The molecule has 0 aliphatic heterocycles. The molecular weight excluding hydrogens is 479 g/mol. The Balaban J connectivity index is 1.43. The summed E-state index contributed by atoms with van der Waals surface area (Å²) >= 11 is 0. The van der Waals surface area contributed by atoms with Gasteiger partial charge < -0.3 is 19.5 Å². The Bertz CT molecular complexity index is 1430.